The second-order valence-corrected chi connectivity index (χ2v) is 7.19. The number of hydrogen-bond donors (Lipinski definition) is 1. The number of hydrogen-bond acceptors (Lipinski definition) is 4. The van der Waals surface area contributed by atoms with Crippen LogP contribution in [-0.4, -0.2) is 10.9 Å². The Labute approximate surface area is 171 Å². The SMILES string of the molecule is O=C(NCc1ccc(Oc2ccc(F)cc2)nc1)c1sccc1-c1ccccc1. The fourth-order valence-corrected chi connectivity index (χ4v) is 3.62. The Morgan fingerprint density at radius 2 is 1.79 bits per heavy atom. The Kier molecular flexibility index (Phi) is 5.63. The quantitative estimate of drug-likeness (QED) is 0.450. The number of carbonyl (C=O) groups is 1. The maximum Gasteiger partial charge on any atom is 0.262 e. The predicted octanol–water partition coefficient (Wildman–Crippen LogP) is 5.67. The van der Waals surface area contributed by atoms with Gasteiger partial charge >= 0.3 is 0 Å². The van der Waals surface area contributed by atoms with Crippen LogP contribution in [-0.2, 0) is 6.54 Å². The van der Waals surface area contributed by atoms with Crippen LogP contribution in [0.1, 0.15) is 15.2 Å². The van der Waals surface area contributed by atoms with Crippen LogP contribution in [0, 0.1) is 5.82 Å². The number of aromatic nitrogens is 1. The fraction of sp³-hybridized carbons (Fsp3) is 0.0435. The molecule has 0 unspecified atom stereocenters. The van der Waals surface area contributed by atoms with Crippen LogP contribution in [0.5, 0.6) is 11.6 Å². The molecule has 0 saturated carbocycles. The zero-order valence-corrected chi connectivity index (χ0v) is 16.2. The highest BCUT2D eigenvalue weighted by atomic mass is 32.1. The minimum atomic E-state index is -0.322. The average molecular weight is 404 g/mol. The predicted molar refractivity (Wildman–Crippen MR) is 112 cm³/mol. The highest BCUT2D eigenvalue weighted by molar-refractivity contribution is 7.12. The van der Waals surface area contributed by atoms with E-state index < -0.39 is 0 Å². The summed E-state index contributed by atoms with van der Waals surface area (Å²) in [6.07, 6.45) is 1.64. The number of nitrogens with one attached hydrogen (secondary N) is 1. The lowest BCUT2D eigenvalue weighted by Crippen LogP contribution is -2.22. The summed E-state index contributed by atoms with van der Waals surface area (Å²) in [6, 6.07) is 21.1. The van der Waals surface area contributed by atoms with Gasteiger partial charge in [0.15, 0.2) is 0 Å². The molecule has 0 atom stereocenters. The highest BCUT2D eigenvalue weighted by Crippen LogP contribution is 2.28. The number of benzene rings is 2. The number of amides is 1. The van der Waals surface area contributed by atoms with Crippen LogP contribution in [0.2, 0.25) is 0 Å². The largest absolute Gasteiger partial charge is 0.439 e. The molecule has 0 fully saturated rings. The van der Waals surface area contributed by atoms with Gasteiger partial charge in [-0.3, -0.25) is 4.79 Å². The Balaban J connectivity index is 1.38. The van der Waals surface area contributed by atoms with E-state index in [1.165, 1.54) is 35.6 Å². The van der Waals surface area contributed by atoms with Crippen LogP contribution in [0.3, 0.4) is 0 Å². The van der Waals surface area contributed by atoms with Crippen LogP contribution >= 0.6 is 11.3 Å². The molecular weight excluding hydrogens is 387 g/mol. The van der Waals surface area contributed by atoms with Crippen molar-refractivity contribution in [3.63, 3.8) is 0 Å². The van der Waals surface area contributed by atoms with Gasteiger partial charge in [0, 0.05) is 24.4 Å². The number of thiophene rings is 1. The van der Waals surface area contributed by atoms with Gasteiger partial charge in [-0.05, 0) is 46.8 Å². The van der Waals surface area contributed by atoms with Crippen molar-refractivity contribution in [2.45, 2.75) is 6.54 Å². The second kappa shape index (κ2) is 8.67. The van der Waals surface area contributed by atoms with Gasteiger partial charge in [-0.2, -0.15) is 0 Å². The summed E-state index contributed by atoms with van der Waals surface area (Å²) in [4.78, 5) is 17.6. The molecule has 2 aromatic carbocycles. The molecule has 0 radical (unpaired) electrons. The third-order valence-electron chi connectivity index (χ3n) is 4.24. The third-order valence-corrected chi connectivity index (χ3v) is 5.16. The fourth-order valence-electron chi connectivity index (χ4n) is 2.79. The van der Waals surface area contributed by atoms with E-state index in [0.717, 1.165) is 16.7 Å². The highest BCUT2D eigenvalue weighted by Gasteiger charge is 2.14. The van der Waals surface area contributed by atoms with Crippen molar-refractivity contribution in [1.82, 2.24) is 10.3 Å². The first-order valence-corrected chi connectivity index (χ1v) is 9.86. The number of nitrogens with zero attached hydrogens (tertiary/aromatic N) is 1. The van der Waals surface area contributed by atoms with E-state index in [1.54, 1.807) is 12.3 Å². The molecule has 0 aliphatic carbocycles. The minimum Gasteiger partial charge on any atom is -0.439 e. The van der Waals surface area contributed by atoms with Crippen molar-refractivity contribution >= 4 is 17.2 Å². The molecule has 6 heteroatoms. The molecule has 144 valence electrons. The third kappa shape index (κ3) is 4.67. The molecule has 0 aliphatic heterocycles. The normalized spacial score (nSPS) is 10.5. The summed E-state index contributed by atoms with van der Waals surface area (Å²) in [6.45, 7) is 0.356. The Hall–Kier alpha value is -3.51. The van der Waals surface area contributed by atoms with Gasteiger partial charge in [0.05, 0.1) is 4.88 Å². The van der Waals surface area contributed by atoms with Crippen molar-refractivity contribution in [3.05, 3.63) is 101 Å². The average Bonchev–Trinajstić information content (AvgIpc) is 3.25. The molecule has 0 bridgehead atoms. The number of ether oxygens (including phenoxy) is 1. The molecule has 4 aromatic rings. The summed E-state index contributed by atoms with van der Waals surface area (Å²) in [7, 11) is 0. The molecule has 2 heterocycles. The van der Waals surface area contributed by atoms with Crippen LogP contribution in [0.15, 0.2) is 84.4 Å². The second-order valence-electron chi connectivity index (χ2n) is 6.27. The van der Waals surface area contributed by atoms with Crippen LogP contribution < -0.4 is 10.1 Å². The van der Waals surface area contributed by atoms with Gasteiger partial charge in [-0.25, -0.2) is 9.37 Å². The van der Waals surface area contributed by atoms with E-state index in [4.69, 9.17) is 4.74 Å². The maximum atomic E-state index is 12.9. The summed E-state index contributed by atoms with van der Waals surface area (Å²) in [5, 5.41) is 4.85. The molecule has 0 aliphatic rings. The summed E-state index contributed by atoms with van der Waals surface area (Å²) in [5.41, 5.74) is 2.79. The number of rotatable bonds is 6. The lowest BCUT2D eigenvalue weighted by atomic mass is 10.1. The molecular formula is C23H17FN2O2S. The Morgan fingerprint density at radius 1 is 1.00 bits per heavy atom. The maximum absolute atomic E-state index is 12.9. The standard InChI is InChI=1S/C23H17FN2O2S/c24-18-7-9-19(10-8-18)28-21-11-6-16(14-25-21)15-26-23(27)22-20(12-13-29-22)17-4-2-1-3-5-17/h1-14H,15H2,(H,26,27). The first kappa shape index (κ1) is 18.8. The first-order valence-electron chi connectivity index (χ1n) is 8.98. The lowest BCUT2D eigenvalue weighted by molar-refractivity contribution is 0.0955. The van der Waals surface area contributed by atoms with Crippen molar-refractivity contribution in [3.8, 4) is 22.8 Å². The van der Waals surface area contributed by atoms with Crippen molar-refractivity contribution in [2.75, 3.05) is 0 Å². The molecule has 1 N–H and O–H groups in total. The molecule has 0 spiro atoms. The van der Waals surface area contributed by atoms with Gasteiger partial charge < -0.3 is 10.1 Å². The molecule has 1 amide bonds. The first-order chi connectivity index (χ1) is 14.2. The zero-order valence-electron chi connectivity index (χ0n) is 15.3. The van der Waals surface area contributed by atoms with Gasteiger partial charge in [-0.15, -0.1) is 11.3 Å². The van der Waals surface area contributed by atoms with Crippen molar-refractivity contribution in [2.24, 2.45) is 0 Å². The van der Waals surface area contributed by atoms with E-state index in [2.05, 4.69) is 10.3 Å². The van der Waals surface area contributed by atoms with E-state index in [0.29, 0.717) is 23.1 Å². The van der Waals surface area contributed by atoms with Gasteiger partial charge in [0.1, 0.15) is 11.6 Å². The smallest absolute Gasteiger partial charge is 0.262 e. The minimum absolute atomic E-state index is 0.120. The number of pyridine rings is 1. The molecule has 29 heavy (non-hydrogen) atoms. The topological polar surface area (TPSA) is 51.2 Å². The van der Waals surface area contributed by atoms with E-state index >= 15 is 0 Å². The van der Waals surface area contributed by atoms with Gasteiger partial charge in [-0.1, -0.05) is 36.4 Å². The monoisotopic (exact) mass is 404 g/mol. The Bertz CT molecular complexity index is 1090. The van der Waals surface area contributed by atoms with E-state index in [1.807, 2.05) is 47.8 Å². The van der Waals surface area contributed by atoms with Gasteiger partial charge in [0.25, 0.3) is 5.91 Å². The molecule has 4 nitrogen and oxygen atoms in total. The van der Waals surface area contributed by atoms with E-state index in [-0.39, 0.29) is 11.7 Å². The Morgan fingerprint density at radius 3 is 2.52 bits per heavy atom. The summed E-state index contributed by atoms with van der Waals surface area (Å²) >= 11 is 1.42. The van der Waals surface area contributed by atoms with Crippen molar-refractivity contribution in [1.29, 1.82) is 0 Å². The molecule has 4 rings (SSSR count). The van der Waals surface area contributed by atoms with E-state index in [9.17, 15) is 9.18 Å². The summed E-state index contributed by atoms with van der Waals surface area (Å²) < 4.78 is 18.5. The molecule has 2 aromatic heterocycles. The van der Waals surface area contributed by atoms with Crippen molar-refractivity contribution < 1.29 is 13.9 Å². The van der Waals surface area contributed by atoms with Gasteiger partial charge in [0.2, 0.25) is 5.88 Å². The van der Waals surface area contributed by atoms with Crippen LogP contribution in [0.4, 0.5) is 4.39 Å². The zero-order chi connectivity index (χ0) is 20.1. The number of halogens is 1. The summed E-state index contributed by atoms with van der Waals surface area (Å²) in [5.74, 6) is 0.463. The number of carbonyl (C=O) groups excluding carboxylic acids is 1. The molecule has 0 saturated heterocycles. The van der Waals surface area contributed by atoms with Crippen LogP contribution in [0.25, 0.3) is 11.1 Å². The lowest BCUT2D eigenvalue weighted by Gasteiger charge is -2.08.